The number of hydrogen-bond acceptors (Lipinski definition) is 6. The van der Waals surface area contributed by atoms with Crippen molar-refractivity contribution in [1.82, 2.24) is 29.8 Å². The number of nitrogens with zero attached hydrogens (tertiary/aromatic N) is 6. The molecular weight excluding hydrogens is 316 g/mol. The van der Waals surface area contributed by atoms with Crippen LogP contribution in [0.15, 0.2) is 47.5 Å². The Morgan fingerprint density at radius 1 is 1.20 bits per heavy atom. The van der Waals surface area contributed by atoms with E-state index >= 15 is 0 Å². The third-order valence-corrected chi connectivity index (χ3v) is 4.70. The maximum atomic E-state index is 5.39. The monoisotopic (exact) mass is 338 g/mol. The summed E-state index contributed by atoms with van der Waals surface area (Å²) in [4.78, 5) is 11.1. The predicted octanol–water partition coefficient (Wildman–Crippen LogP) is 2.43. The van der Waals surface area contributed by atoms with Gasteiger partial charge in [-0.3, -0.25) is 9.58 Å². The van der Waals surface area contributed by atoms with E-state index in [0.29, 0.717) is 17.8 Å². The van der Waals surface area contributed by atoms with Crippen LogP contribution in [-0.2, 0) is 13.0 Å². The van der Waals surface area contributed by atoms with Gasteiger partial charge in [-0.1, -0.05) is 35.5 Å². The first-order valence-electron chi connectivity index (χ1n) is 8.83. The molecule has 1 saturated heterocycles. The van der Waals surface area contributed by atoms with E-state index in [9.17, 15) is 0 Å². The number of likely N-dealkylation sites (tertiary alicyclic amines) is 1. The molecule has 3 heterocycles. The Kier molecular flexibility index (Phi) is 4.83. The molecule has 0 radical (unpaired) electrons. The van der Waals surface area contributed by atoms with Gasteiger partial charge in [0.05, 0.1) is 6.54 Å². The maximum absolute atomic E-state index is 5.39. The Hall–Kier alpha value is -2.54. The molecule has 1 aromatic carbocycles. The van der Waals surface area contributed by atoms with Crippen molar-refractivity contribution in [2.75, 3.05) is 13.1 Å². The zero-order valence-corrected chi connectivity index (χ0v) is 14.2. The van der Waals surface area contributed by atoms with Crippen molar-refractivity contribution in [3.05, 3.63) is 48.9 Å². The SMILES string of the molecule is c1ccc(-c2noc(CCCN3CCC[C@@H]3Cn3cncn3)n2)cc1. The van der Waals surface area contributed by atoms with Crippen LogP contribution < -0.4 is 0 Å². The van der Waals surface area contributed by atoms with Gasteiger partial charge >= 0.3 is 0 Å². The molecule has 0 amide bonds. The molecule has 1 fully saturated rings. The Labute approximate surface area is 146 Å². The molecule has 0 aliphatic carbocycles. The highest BCUT2D eigenvalue weighted by atomic mass is 16.5. The van der Waals surface area contributed by atoms with Gasteiger partial charge in [-0.15, -0.1) is 0 Å². The van der Waals surface area contributed by atoms with Gasteiger partial charge in [0, 0.05) is 18.0 Å². The van der Waals surface area contributed by atoms with Gasteiger partial charge < -0.3 is 4.52 Å². The van der Waals surface area contributed by atoms with E-state index in [1.165, 1.54) is 12.8 Å². The largest absolute Gasteiger partial charge is 0.339 e. The van der Waals surface area contributed by atoms with Crippen LogP contribution in [0.2, 0.25) is 0 Å². The van der Waals surface area contributed by atoms with Gasteiger partial charge in [-0.05, 0) is 32.4 Å². The fourth-order valence-electron chi connectivity index (χ4n) is 3.43. The molecule has 3 aromatic rings. The molecule has 0 saturated carbocycles. The first kappa shape index (κ1) is 16.0. The minimum atomic E-state index is 0.546. The minimum absolute atomic E-state index is 0.546. The third kappa shape index (κ3) is 3.93. The summed E-state index contributed by atoms with van der Waals surface area (Å²) < 4.78 is 7.32. The van der Waals surface area contributed by atoms with Gasteiger partial charge in [0.1, 0.15) is 12.7 Å². The van der Waals surface area contributed by atoms with Crippen molar-refractivity contribution >= 4 is 0 Å². The average molecular weight is 338 g/mol. The molecule has 7 heteroatoms. The van der Waals surface area contributed by atoms with E-state index in [1.807, 2.05) is 35.0 Å². The summed E-state index contributed by atoms with van der Waals surface area (Å²) in [5, 5.41) is 8.30. The Morgan fingerprint density at radius 3 is 2.96 bits per heavy atom. The second-order valence-corrected chi connectivity index (χ2v) is 6.43. The first-order chi connectivity index (χ1) is 12.4. The molecule has 1 aliphatic heterocycles. The molecule has 2 aromatic heterocycles. The lowest BCUT2D eigenvalue weighted by Gasteiger charge is -2.23. The topological polar surface area (TPSA) is 72.9 Å². The zero-order valence-electron chi connectivity index (χ0n) is 14.2. The first-order valence-corrected chi connectivity index (χ1v) is 8.83. The molecule has 130 valence electrons. The standard InChI is InChI=1S/C18H22N6O/c1-2-6-15(7-3-1)18-21-17(25-22-18)9-5-11-23-10-4-8-16(23)12-24-14-19-13-20-24/h1-3,6-7,13-14,16H,4-5,8-12H2/t16-/m1/s1. The summed E-state index contributed by atoms with van der Waals surface area (Å²) in [6, 6.07) is 10.5. The number of hydrogen-bond donors (Lipinski definition) is 0. The molecule has 1 atom stereocenters. The highest BCUT2D eigenvalue weighted by Gasteiger charge is 2.24. The summed E-state index contributed by atoms with van der Waals surface area (Å²) in [6.07, 6.45) is 7.69. The predicted molar refractivity (Wildman–Crippen MR) is 92.7 cm³/mol. The van der Waals surface area contributed by atoms with Gasteiger partial charge in [0.2, 0.25) is 11.7 Å². The summed E-state index contributed by atoms with van der Waals surface area (Å²) in [7, 11) is 0. The number of aromatic nitrogens is 5. The van der Waals surface area contributed by atoms with Gasteiger partial charge in [0.15, 0.2) is 0 Å². The lowest BCUT2D eigenvalue weighted by Crippen LogP contribution is -2.34. The van der Waals surface area contributed by atoms with Crippen LogP contribution in [-0.4, -0.2) is 48.9 Å². The highest BCUT2D eigenvalue weighted by molar-refractivity contribution is 5.53. The minimum Gasteiger partial charge on any atom is -0.339 e. The van der Waals surface area contributed by atoms with Crippen LogP contribution in [0.5, 0.6) is 0 Å². The fraction of sp³-hybridized carbons (Fsp3) is 0.444. The molecule has 7 nitrogen and oxygen atoms in total. The molecule has 25 heavy (non-hydrogen) atoms. The molecule has 0 unspecified atom stereocenters. The van der Waals surface area contributed by atoms with Crippen LogP contribution in [0, 0.1) is 0 Å². The number of aryl methyl sites for hydroxylation is 1. The van der Waals surface area contributed by atoms with Crippen molar-refractivity contribution in [3.8, 4) is 11.4 Å². The highest BCUT2D eigenvalue weighted by Crippen LogP contribution is 2.20. The van der Waals surface area contributed by atoms with Gasteiger partial charge in [-0.2, -0.15) is 10.1 Å². The summed E-state index contributed by atoms with van der Waals surface area (Å²) in [6.45, 7) is 3.11. The van der Waals surface area contributed by atoms with Crippen molar-refractivity contribution in [1.29, 1.82) is 0 Å². The van der Waals surface area contributed by atoms with Gasteiger partial charge in [0.25, 0.3) is 0 Å². The molecule has 0 bridgehead atoms. The van der Waals surface area contributed by atoms with Crippen LogP contribution in [0.25, 0.3) is 11.4 Å². The molecule has 0 N–H and O–H groups in total. The molecule has 0 spiro atoms. The van der Waals surface area contributed by atoms with E-state index in [-0.39, 0.29) is 0 Å². The summed E-state index contributed by atoms with van der Waals surface area (Å²) in [5.41, 5.74) is 0.991. The second-order valence-electron chi connectivity index (χ2n) is 6.43. The fourth-order valence-corrected chi connectivity index (χ4v) is 3.43. The zero-order chi connectivity index (χ0) is 16.9. The van der Waals surface area contributed by atoms with Crippen LogP contribution >= 0.6 is 0 Å². The van der Waals surface area contributed by atoms with E-state index < -0.39 is 0 Å². The second kappa shape index (κ2) is 7.57. The van der Waals surface area contributed by atoms with Crippen molar-refractivity contribution in [2.24, 2.45) is 0 Å². The van der Waals surface area contributed by atoms with Crippen LogP contribution in [0.4, 0.5) is 0 Å². The molecule has 4 rings (SSSR count). The normalized spacial score (nSPS) is 18.0. The number of benzene rings is 1. The Bertz CT molecular complexity index is 770. The van der Waals surface area contributed by atoms with Crippen molar-refractivity contribution < 1.29 is 4.52 Å². The summed E-state index contributed by atoms with van der Waals surface area (Å²) >= 11 is 0. The molecule has 1 aliphatic rings. The van der Waals surface area contributed by atoms with E-state index in [1.54, 1.807) is 12.7 Å². The molecular formula is C18H22N6O. The quantitative estimate of drug-likeness (QED) is 0.659. The van der Waals surface area contributed by atoms with E-state index in [0.717, 1.165) is 38.0 Å². The number of rotatable bonds is 7. The maximum Gasteiger partial charge on any atom is 0.227 e. The van der Waals surface area contributed by atoms with Crippen LogP contribution in [0.3, 0.4) is 0 Å². The van der Waals surface area contributed by atoms with E-state index in [2.05, 4.69) is 25.1 Å². The van der Waals surface area contributed by atoms with Gasteiger partial charge in [-0.25, -0.2) is 4.98 Å². The Balaban J connectivity index is 1.28. The van der Waals surface area contributed by atoms with Crippen molar-refractivity contribution in [3.63, 3.8) is 0 Å². The lowest BCUT2D eigenvalue weighted by atomic mass is 10.2. The van der Waals surface area contributed by atoms with E-state index in [4.69, 9.17) is 4.52 Å². The van der Waals surface area contributed by atoms with Crippen LogP contribution in [0.1, 0.15) is 25.2 Å². The third-order valence-electron chi connectivity index (χ3n) is 4.70. The van der Waals surface area contributed by atoms with Crippen molar-refractivity contribution in [2.45, 2.75) is 38.3 Å². The smallest absolute Gasteiger partial charge is 0.227 e. The summed E-state index contributed by atoms with van der Waals surface area (Å²) in [5.74, 6) is 1.38. The lowest BCUT2D eigenvalue weighted by molar-refractivity contribution is 0.222. The average Bonchev–Trinajstić information content (AvgIpc) is 3.39. The Morgan fingerprint density at radius 2 is 2.12 bits per heavy atom.